The van der Waals surface area contributed by atoms with Gasteiger partial charge >= 0.3 is 0 Å². The Hall–Kier alpha value is -0.570. The largest absolute Gasteiger partial charge is 0.340 e. The third-order valence-corrected chi connectivity index (χ3v) is 6.83. The van der Waals surface area contributed by atoms with Crippen LogP contribution in [0.3, 0.4) is 0 Å². The summed E-state index contributed by atoms with van der Waals surface area (Å²) in [4.78, 5) is 15.2. The van der Waals surface area contributed by atoms with Gasteiger partial charge in [-0.25, -0.2) is 0 Å². The summed E-state index contributed by atoms with van der Waals surface area (Å²) >= 11 is 0. The predicted octanol–water partition coefficient (Wildman–Crippen LogP) is 2.40. The molecule has 4 aliphatic rings. The molecule has 4 fully saturated rings. The van der Waals surface area contributed by atoms with Gasteiger partial charge in [0.2, 0.25) is 5.91 Å². The first kappa shape index (κ1) is 13.1. The molecule has 3 heteroatoms. The molecule has 2 N–H and O–H groups in total. The second kappa shape index (κ2) is 4.72. The number of nitrogens with two attached hydrogens (primary N) is 1. The van der Waals surface area contributed by atoms with Gasteiger partial charge in [0.05, 0.1) is 0 Å². The molecule has 1 amide bonds. The standard InChI is InChI=1S/C17H28N2O/c1-2-19(13-7-5-12(18)6-8-13)17(20)16-14-10-3-4-11(9-10)15(14)16/h10-16H,2-9,18H2,1H3. The Morgan fingerprint density at radius 1 is 1.05 bits per heavy atom. The molecule has 20 heavy (non-hydrogen) atoms. The molecule has 0 spiro atoms. The lowest BCUT2D eigenvalue weighted by atomic mass is 9.90. The molecule has 0 aromatic rings. The van der Waals surface area contributed by atoms with Gasteiger partial charge in [0, 0.05) is 24.5 Å². The van der Waals surface area contributed by atoms with Crippen LogP contribution in [-0.2, 0) is 4.79 Å². The predicted molar refractivity (Wildman–Crippen MR) is 78.9 cm³/mol. The lowest BCUT2D eigenvalue weighted by Crippen LogP contribution is -2.45. The highest BCUT2D eigenvalue weighted by molar-refractivity contribution is 5.83. The van der Waals surface area contributed by atoms with Crippen LogP contribution in [0.4, 0.5) is 0 Å². The van der Waals surface area contributed by atoms with Gasteiger partial charge in [0.1, 0.15) is 0 Å². The van der Waals surface area contributed by atoms with Crippen LogP contribution in [0.1, 0.15) is 51.9 Å². The molecule has 3 nitrogen and oxygen atoms in total. The summed E-state index contributed by atoms with van der Waals surface area (Å²) in [6.07, 6.45) is 8.67. The van der Waals surface area contributed by atoms with Crippen molar-refractivity contribution in [2.75, 3.05) is 6.54 Å². The Bertz CT molecular complexity index is 386. The van der Waals surface area contributed by atoms with Gasteiger partial charge in [-0.15, -0.1) is 0 Å². The maximum Gasteiger partial charge on any atom is 0.226 e. The molecule has 4 rings (SSSR count). The number of amides is 1. The second-order valence-corrected chi connectivity index (χ2v) is 7.71. The third-order valence-electron chi connectivity index (χ3n) is 6.83. The lowest BCUT2D eigenvalue weighted by Gasteiger charge is -2.36. The molecule has 4 unspecified atom stereocenters. The molecule has 4 atom stereocenters. The molecule has 2 bridgehead atoms. The quantitative estimate of drug-likeness (QED) is 0.860. The van der Waals surface area contributed by atoms with Crippen LogP contribution < -0.4 is 5.73 Å². The number of carbonyl (C=O) groups is 1. The Kier molecular flexibility index (Phi) is 3.10. The summed E-state index contributed by atoms with van der Waals surface area (Å²) in [5.41, 5.74) is 6.00. The van der Waals surface area contributed by atoms with Crippen molar-refractivity contribution in [2.45, 2.75) is 64.0 Å². The summed E-state index contributed by atoms with van der Waals surface area (Å²) in [6.45, 7) is 3.04. The minimum absolute atomic E-state index is 0.371. The molecule has 0 aromatic carbocycles. The second-order valence-electron chi connectivity index (χ2n) is 7.71. The SMILES string of the molecule is CCN(C(=O)C1C2C3CCC(C3)C12)C1CCC(N)CC1. The summed E-state index contributed by atoms with van der Waals surface area (Å²) in [7, 11) is 0. The molecule has 112 valence electrons. The van der Waals surface area contributed by atoms with Gasteiger partial charge in [0.25, 0.3) is 0 Å². The van der Waals surface area contributed by atoms with Crippen LogP contribution in [0.15, 0.2) is 0 Å². The van der Waals surface area contributed by atoms with Crippen molar-refractivity contribution < 1.29 is 4.79 Å². The van der Waals surface area contributed by atoms with Crippen molar-refractivity contribution >= 4 is 5.91 Å². The van der Waals surface area contributed by atoms with Gasteiger partial charge in [-0.2, -0.15) is 0 Å². The van der Waals surface area contributed by atoms with Crippen LogP contribution in [0, 0.1) is 29.6 Å². The van der Waals surface area contributed by atoms with E-state index in [0.717, 1.165) is 55.9 Å². The van der Waals surface area contributed by atoms with Crippen LogP contribution in [0.2, 0.25) is 0 Å². The van der Waals surface area contributed by atoms with Gasteiger partial charge in [-0.05, 0) is 75.5 Å². The van der Waals surface area contributed by atoms with Crippen LogP contribution >= 0.6 is 0 Å². The van der Waals surface area contributed by atoms with E-state index >= 15 is 0 Å². The van der Waals surface area contributed by atoms with Crippen molar-refractivity contribution in [1.29, 1.82) is 0 Å². The van der Waals surface area contributed by atoms with E-state index in [1.54, 1.807) is 0 Å². The molecular weight excluding hydrogens is 248 g/mol. The molecule has 0 heterocycles. The third kappa shape index (κ3) is 1.85. The van der Waals surface area contributed by atoms with E-state index in [1.807, 2.05) is 0 Å². The zero-order valence-corrected chi connectivity index (χ0v) is 12.6. The number of carbonyl (C=O) groups excluding carboxylic acids is 1. The molecule has 0 radical (unpaired) electrons. The first-order valence-electron chi connectivity index (χ1n) is 8.76. The van der Waals surface area contributed by atoms with E-state index in [1.165, 1.54) is 19.3 Å². The van der Waals surface area contributed by atoms with E-state index in [2.05, 4.69) is 11.8 Å². The number of rotatable bonds is 3. The minimum atomic E-state index is 0.371. The highest BCUT2D eigenvalue weighted by Crippen LogP contribution is 2.69. The monoisotopic (exact) mass is 276 g/mol. The Morgan fingerprint density at radius 3 is 2.20 bits per heavy atom. The van der Waals surface area contributed by atoms with E-state index in [0.29, 0.717) is 23.9 Å². The fourth-order valence-electron chi connectivity index (χ4n) is 5.85. The average molecular weight is 276 g/mol. The van der Waals surface area contributed by atoms with Gasteiger partial charge < -0.3 is 10.6 Å². The summed E-state index contributed by atoms with van der Waals surface area (Å²) < 4.78 is 0. The van der Waals surface area contributed by atoms with Gasteiger partial charge in [-0.1, -0.05) is 0 Å². The summed E-state index contributed by atoms with van der Waals surface area (Å²) in [5, 5.41) is 0. The van der Waals surface area contributed by atoms with E-state index in [4.69, 9.17) is 5.73 Å². The van der Waals surface area contributed by atoms with Crippen LogP contribution in [0.5, 0.6) is 0 Å². The summed E-state index contributed by atoms with van der Waals surface area (Å²) in [5.74, 6) is 4.27. The van der Waals surface area contributed by atoms with Crippen molar-refractivity contribution in [3.05, 3.63) is 0 Å². The molecule has 0 aliphatic heterocycles. The Balaban J connectivity index is 1.42. The zero-order chi connectivity index (χ0) is 13.9. The fourth-order valence-corrected chi connectivity index (χ4v) is 5.85. The van der Waals surface area contributed by atoms with E-state index < -0.39 is 0 Å². The number of hydrogen-bond acceptors (Lipinski definition) is 2. The van der Waals surface area contributed by atoms with Crippen molar-refractivity contribution in [2.24, 2.45) is 35.3 Å². The molecule has 4 aliphatic carbocycles. The average Bonchev–Trinajstić information content (AvgIpc) is 2.90. The molecular formula is C17H28N2O. The first-order valence-corrected chi connectivity index (χ1v) is 8.76. The Morgan fingerprint density at radius 2 is 1.65 bits per heavy atom. The molecule has 0 aromatic heterocycles. The fraction of sp³-hybridized carbons (Fsp3) is 0.941. The maximum atomic E-state index is 12.9. The summed E-state index contributed by atoms with van der Waals surface area (Å²) in [6, 6.07) is 0.850. The highest BCUT2D eigenvalue weighted by Gasteiger charge is 2.68. The smallest absolute Gasteiger partial charge is 0.226 e. The van der Waals surface area contributed by atoms with Crippen molar-refractivity contribution in [1.82, 2.24) is 4.90 Å². The maximum absolute atomic E-state index is 12.9. The number of hydrogen-bond donors (Lipinski definition) is 1. The van der Waals surface area contributed by atoms with Gasteiger partial charge in [-0.3, -0.25) is 4.79 Å². The molecule has 4 saturated carbocycles. The van der Waals surface area contributed by atoms with Crippen molar-refractivity contribution in [3.8, 4) is 0 Å². The van der Waals surface area contributed by atoms with E-state index in [9.17, 15) is 4.79 Å². The molecule has 0 saturated heterocycles. The topological polar surface area (TPSA) is 46.3 Å². The zero-order valence-electron chi connectivity index (χ0n) is 12.6. The first-order chi connectivity index (χ1) is 9.70. The van der Waals surface area contributed by atoms with E-state index in [-0.39, 0.29) is 0 Å². The highest BCUT2D eigenvalue weighted by atomic mass is 16.2. The Labute approximate surface area is 122 Å². The lowest BCUT2D eigenvalue weighted by molar-refractivity contribution is -0.136. The van der Waals surface area contributed by atoms with Crippen LogP contribution in [-0.4, -0.2) is 29.4 Å². The van der Waals surface area contributed by atoms with Crippen molar-refractivity contribution in [3.63, 3.8) is 0 Å². The normalized spacial score (nSPS) is 49.0. The minimum Gasteiger partial charge on any atom is -0.340 e. The number of nitrogens with zero attached hydrogens (tertiary/aromatic N) is 1. The van der Waals surface area contributed by atoms with Crippen LogP contribution in [0.25, 0.3) is 0 Å². The number of fused-ring (bicyclic) bond motifs is 5. The van der Waals surface area contributed by atoms with Gasteiger partial charge in [0.15, 0.2) is 0 Å².